The Labute approximate surface area is 211 Å². The maximum absolute atomic E-state index is 13.3. The van der Waals surface area contributed by atoms with Crippen molar-refractivity contribution >= 4 is 29.1 Å². The third-order valence-corrected chi connectivity index (χ3v) is 5.45. The van der Waals surface area contributed by atoms with Gasteiger partial charge in [-0.1, -0.05) is 44.2 Å². The van der Waals surface area contributed by atoms with Crippen LogP contribution in [0.1, 0.15) is 45.1 Å². The number of benzene rings is 2. The molecule has 10 heteroatoms. The van der Waals surface area contributed by atoms with E-state index in [-0.39, 0.29) is 30.4 Å². The van der Waals surface area contributed by atoms with E-state index < -0.39 is 28.8 Å². The minimum atomic E-state index is -0.875. The predicted molar refractivity (Wildman–Crippen MR) is 138 cm³/mol. The van der Waals surface area contributed by atoms with Gasteiger partial charge in [0, 0.05) is 30.7 Å². The van der Waals surface area contributed by atoms with E-state index >= 15 is 0 Å². The summed E-state index contributed by atoms with van der Waals surface area (Å²) in [5.41, 5.74) is 6.74. The molecule has 0 aliphatic rings. The van der Waals surface area contributed by atoms with E-state index in [0.29, 0.717) is 31.5 Å². The quantitative estimate of drug-likeness (QED) is 0.179. The first kappa shape index (κ1) is 28.4. The number of nitro groups is 1. The van der Waals surface area contributed by atoms with Gasteiger partial charge < -0.3 is 21.7 Å². The predicted octanol–water partition coefficient (Wildman–Crippen LogP) is 2.92. The largest absolute Gasteiger partial charge is 0.344 e. The molecule has 2 atom stereocenters. The number of nitro benzene ring substituents is 1. The fourth-order valence-corrected chi connectivity index (χ4v) is 3.61. The number of nitrogens with one attached hydrogen (secondary N) is 3. The molecule has 194 valence electrons. The summed E-state index contributed by atoms with van der Waals surface area (Å²) >= 11 is 0. The second kappa shape index (κ2) is 14.6. The van der Waals surface area contributed by atoms with Crippen molar-refractivity contribution in [1.82, 2.24) is 10.6 Å². The van der Waals surface area contributed by atoms with Gasteiger partial charge in [0.2, 0.25) is 17.7 Å². The molecule has 2 aromatic carbocycles. The second-order valence-corrected chi connectivity index (χ2v) is 9.05. The lowest BCUT2D eigenvalue weighted by Gasteiger charge is -2.24. The molecule has 5 N–H and O–H groups in total. The first-order valence-corrected chi connectivity index (χ1v) is 12.1. The highest BCUT2D eigenvalue weighted by Gasteiger charge is 2.27. The molecule has 0 heterocycles. The Morgan fingerprint density at radius 1 is 0.917 bits per heavy atom. The number of hydrogen-bond donors (Lipinski definition) is 4. The van der Waals surface area contributed by atoms with Crippen LogP contribution in [0.5, 0.6) is 0 Å². The van der Waals surface area contributed by atoms with Crippen molar-refractivity contribution < 1.29 is 19.3 Å². The molecule has 0 fully saturated rings. The van der Waals surface area contributed by atoms with Gasteiger partial charge in [-0.05, 0) is 49.4 Å². The fourth-order valence-electron chi connectivity index (χ4n) is 3.61. The normalized spacial score (nSPS) is 12.4. The summed E-state index contributed by atoms with van der Waals surface area (Å²) in [6.45, 7) is 4.29. The topological polar surface area (TPSA) is 156 Å². The van der Waals surface area contributed by atoms with Gasteiger partial charge in [-0.25, -0.2) is 0 Å². The van der Waals surface area contributed by atoms with Gasteiger partial charge >= 0.3 is 0 Å². The van der Waals surface area contributed by atoms with Gasteiger partial charge in [0.1, 0.15) is 12.1 Å². The van der Waals surface area contributed by atoms with Gasteiger partial charge in [0.05, 0.1) is 4.92 Å². The number of carbonyl (C=O) groups is 3. The van der Waals surface area contributed by atoms with Crippen LogP contribution in [0.4, 0.5) is 11.4 Å². The van der Waals surface area contributed by atoms with Crippen LogP contribution < -0.4 is 21.7 Å². The average molecular weight is 498 g/mol. The molecule has 0 radical (unpaired) electrons. The molecule has 0 aromatic heterocycles. The molecule has 0 saturated carbocycles. The number of anilines is 1. The van der Waals surface area contributed by atoms with Crippen molar-refractivity contribution in [3.05, 3.63) is 70.3 Å². The SMILES string of the molecule is CC(C)CC(=O)N[C@@H](Cc1ccccc1)C(=O)N[C@@H](CCCCN)C(=O)Nc1ccc([N+](=O)[O-])cc1. The summed E-state index contributed by atoms with van der Waals surface area (Å²) in [5, 5.41) is 19.2. The molecule has 0 aliphatic heterocycles. The molecule has 0 spiro atoms. The van der Waals surface area contributed by atoms with Crippen LogP contribution in [0, 0.1) is 16.0 Å². The number of nitrogens with zero attached hydrogens (tertiary/aromatic N) is 1. The lowest BCUT2D eigenvalue weighted by molar-refractivity contribution is -0.384. The maximum atomic E-state index is 13.3. The number of non-ortho nitro benzene ring substituents is 1. The fraction of sp³-hybridized carbons (Fsp3) is 0.423. The molecule has 36 heavy (non-hydrogen) atoms. The molecule has 2 rings (SSSR count). The highest BCUT2D eigenvalue weighted by molar-refractivity contribution is 5.98. The smallest absolute Gasteiger partial charge is 0.269 e. The number of amides is 3. The van der Waals surface area contributed by atoms with E-state index in [0.717, 1.165) is 5.56 Å². The van der Waals surface area contributed by atoms with Crippen LogP contribution >= 0.6 is 0 Å². The van der Waals surface area contributed by atoms with Crippen molar-refractivity contribution in [2.24, 2.45) is 11.7 Å². The summed E-state index contributed by atoms with van der Waals surface area (Å²) in [6.07, 6.45) is 2.18. The molecule has 0 aliphatic carbocycles. The summed E-state index contributed by atoms with van der Waals surface area (Å²) in [6, 6.07) is 13.0. The third-order valence-electron chi connectivity index (χ3n) is 5.45. The van der Waals surface area contributed by atoms with Crippen LogP contribution in [0.2, 0.25) is 0 Å². The average Bonchev–Trinajstić information content (AvgIpc) is 2.83. The number of nitrogens with two attached hydrogens (primary N) is 1. The van der Waals surface area contributed by atoms with Crippen molar-refractivity contribution in [3.63, 3.8) is 0 Å². The lowest BCUT2D eigenvalue weighted by Crippen LogP contribution is -2.53. The van der Waals surface area contributed by atoms with Crippen molar-refractivity contribution in [3.8, 4) is 0 Å². The number of rotatable bonds is 14. The van der Waals surface area contributed by atoms with E-state index in [1.165, 1.54) is 24.3 Å². The Morgan fingerprint density at radius 2 is 1.58 bits per heavy atom. The van der Waals surface area contributed by atoms with Crippen molar-refractivity contribution in [1.29, 1.82) is 0 Å². The van der Waals surface area contributed by atoms with Crippen LogP contribution in [-0.4, -0.2) is 41.3 Å². The van der Waals surface area contributed by atoms with Crippen molar-refractivity contribution in [2.45, 2.75) is 58.0 Å². The van der Waals surface area contributed by atoms with Crippen LogP contribution in [0.25, 0.3) is 0 Å². The molecule has 3 amide bonds. The second-order valence-electron chi connectivity index (χ2n) is 9.05. The minimum absolute atomic E-state index is 0.0957. The zero-order valence-corrected chi connectivity index (χ0v) is 20.7. The van der Waals surface area contributed by atoms with Crippen LogP contribution in [0.15, 0.2) is 54.6 Å². The van der Waals surface area contributed by atoms with E-state index in [1.54, 1.807) is 0 Å². The van der Waals surface area contributed by atoms with E-state index in [1.807, 2.05) is 44.2 Å². The molecule has 0 saturated heterocycles. The Hall–Kier alpha value is -3.79. The zero-order valence-electron chi connectivity index (χ0n) is 20.7. The first-order chi connectivity index (χ1) is 17.2. The molecular formula is C26H35N5O5. The first-order valence-electron chi connectivity index (χ1n) is 12.1. The zero-order chi connectivity index (χ0) is 26.5. The van der Waals surface area contributed by atoms with Crippen LogP contribution in [0.3, 0.4) is 0 Å². The van der Waals surface area contributed by atoms with E-state index in [9.17, 15) is 24.5 Å². The molecule has 0 bridgehead atoms. The third kappa shape index (κ3) is 9.83. The molecule has 2 aromatic rings. The summed E-state index contributed by atoms with van der Waals surface area (Å²) < 4.78 is 0. The molecule has 10 nitrogen and oxygen atoms in total. The number of hydrogen-bond acceptors (Lipinski definition) is 6. The lowest BCUT2D eigenvalue weighted by atomic mass is 10.0. The number of carbonyl (C=O) groups excluding carboxylic acids is 3. The highest BCUT2D eigenvalue weighted by atomic mass is 16.6. The van der Waals surface area contributed by atoms with Crippen LogP contribution in [-0.2, 0) is 20.8 Å². The summed E-state index contributed by atoms with van der Waals surface area (Å²) in [4.78, 5) is 49.1. The Kier molecular flexibility index (Phi) is 11.5. The maximum Gasteiger partial charge on any atom is 0.269 e. The highest BCUT2D eigenvalue weighted by Crippen LogP contribution is 2.16. The minimum Gasteiger partial charge on any atom is -0.344 e. The monoisotopic (exact) mass is 497 g/mol. The Balaban J connectivity index is 2.16. The number of unbranched alkanes of at least 4 members (excludes halogenated alkanes) is 1. The standard InChI is InChI=1S/C26H35N5O5/c1-18(2)16-24(32)29-23(17-19-8-4-3-5-9-19)26(34)30-22(10-6-7-15-27)25(33)28-20-11-13-21(14-12-20)31(35)36/h3-5,8-9,11-14,18,22-23H,6-7,10,15-17,27H2,1-2H3,(H,28,33)(H,29,32)(H,30,34)/t22-,23-/m0/s1. The van der Waals surface area contributed by atoms with Gasteiger partial charge in [0.15, 0.2) is 0 Å². The molecule has 0 unspecified atom stereocenters. The van der Waals surface area contributed by atoms with Crippen molar-refractivity contribution in [2.75, 3.05) is 11.9 Å². The van der Waals surface area contributed by atoms with Gasteiger partial charge in [-0.3, -0.25) is 24.5 Å². The van der Waals surface area contributed by atoms with Gasteiger partial charge in [-0.2, -0.15) is 0 Å². The molecular weight excluding hydrogens is 462 g/mol. The summed E-state index contributed by atoms with van der Waals surface area (Å²) in [5.74, 6) is -1.04. The van der Waals surface area contributed by atoms with Gasteiger partial charge in [0.25, 0.3) is 5.69 Å². The van der Waals surface area contributed by atoms with E-state index in [4.69, 9.17) is 5.73 Å². The van der Waals surface area contributed by atoms with Gasteiger partial charge in [-0.15, -0.1) is 0 Å². The summed E-state index contributed by atoms with van der Waals surface area (Å²) in [7, 11) is 0. The Morgan fingerprint density at radius 3 is 2.17 bits per heavy atom. The van der Waals surface area contributed by atoms with E-state index in [2.05, 4.69) is 16.0 Å². The Bertz CT molecular complexity index is 1010.